The first-order chi connectivity index (χ1) is 28.8. The van der Waals surface area contributed by atoms with Crippen LogP contribution in [0.25, 0.3) is 0 Å². The topological polar surface area (TPSA) is 186 Å². The number of para-hydroxylation sites is 1. The van der Waals surface area contributed by atoms with Crippen molar-refractivity contribution in [1.29, 1.82) is 0 Å². The van der Waals surface area contributed by atoms with Gasteiger partial charge in [0.1, 0.15) is 36.3 Å². The summed E-state index contributed by atoms with van der Waals surface area (Å²) in [5, 5.41) is 52.8. The van der Waals surface area contributed by atoms with Crippen molar-refractivity contribution < 1.29 is 58.5 Å². The number of cyclic esters (lactones) is 1. The Kier molecular flexibility index (Phi) is 18.6. The van der Waals surface area contributed by atoms with E-state index in [1.807, 2.05) is 93.5 Å². The number of likely N-dealkylation sites (N-methyl/N-ethyl adjacent to an activating group) is 1. The summed E-state index contributed by atoms with van der Waals surface area (Å²) in [5.74, 6) is -4.11. The summed E-state index contributed by atoms with van der Waals surface area (Å²) in [6, 6.07) is 18.5. The molecule has 2 heterocycles. The molecule has 2 aromatic carbocycles. The summed E-state index contributed by atoms with van der Waals surface area (Å²) in [6.07, 6.45) is -6.19. The highest BCUT2D eigenvalue weighted by Gasteiger charge is 2.52. The van der Waals surface area contributed by atoms with E-state index >= 15 is 0 Å². The van der Waals surface area contributed by atoms with Crippen molar-refractivity contribution in [3.05, 3.63) is 66.2 Å². The van der Waals surface area contributed by atoms with Gasteiger partial charge in [0.2, 0.25) is 0 Å². The first-order valence-corrected chi connectivity index (χ1v) is 21.9. The Morgan fingerprint density at radius 1 is 0.934 bits per heavy atom. The van der Waals surface area contributed by atoms with E-state index in [-0.39, 0.29) is 38.0 Å². The summed E-state index contributed by atoms with van der Waals surface area (Å²) in [5.41, 5.74) is -2.47. The van der Waals surface area contributed by atoms with E-state index in [2.05, 4.69) is 5.16 Å². The molecular formula is C47H72N2O12. The smallest absolute Gasteiger partial charge is 0.312 e. The maximum Gasteiger partial charge on any atom is 0.312 e. The summed E-state index contributed by atoms with van der Waals surface area (Å²) >= 11 is 0. The van der Waals surface area contributed by atoms with Gasteiger partial charge in [-0.25, -0.2) is 0 Å². The number of carbonyl (C=O) groups is 2. The molecule has 2 aliphatic rings. The lowest BCUT2D eigenvalue weighted by atomic mass is 9.73. The Hall–Kier alpha value is -3.63. The minimum Gasteiger partial charge on any atom is -0.493 e. The molecule has 0 aromatic heterocycles. The molecule has 0 spiro atoms. The number of hydrogen-bond donors (Lipinski definition) is 4. The van der Waals surface area contributed by atoms with Crippen molar-refractivity contribution in [1.82, 2.24) is 4.90 Å². The zero-order valence-electron chi connectivity index (χ0n) is 37.8. The van der Waals surface area contributed by atoms with Gasteiger partial charge in [0, 0.05) is 36.6 Å². The molecule has 0 saturated carbocycles. The number of ether oxygens (including phenoxy) is 5. The Morgan fingerprint density at radius 2 is 1.57 bits per heavy atom. The quantitative estimate of drug-likeness (QED) is 0.109. The molecule has 0 aliphatic carbocycles. The summed E-state index contributed by atoms with van der Waals surface area (Å²) in [6.45, 7) is 14.0. The Labute approximate surface area is 362 Å². The average Bonchev–Trinajstić information content (AvgIpc) is 3.22. The first-order valence-electron chi connectivity index (χ1n) is 21.9. The number of benzene rings is 2. The van der Waals surface area contributed by atoms with Crippen LogP contribution in [0.4, 0.5) is 0 Å². The number of hydrogen-bond acceptors (Lipinski definition) is 14. The maximum atomic E-state index is 14.2. The lowest BCUT2D eigenvalue weighted by Crippen LogP contribution is -2.60. The lowest BCUT2D eigenvalue weighted by molar-refractivity contribution is -0.299. The van der Waals surface area contributed by atoms with Gasteiger partial charge in [0.25, 0.3) is 0 Å². The van der Waals surface area contributed by atoms with E-state index in [1.54, 1.807) is 34.6 Å². The van der Waals surface area contributed by atoms with E-state index in [9.17, 15) is 30.0 Å². The number of nitrogens with zero attached hydrogens (tertiary/aromatic N) is 2. The van der Waals surface area contributed by atoms with Crippen molar-refractivity contribution in [2.45, 2.75) is 154 Å². The molecule has 342 valence electrons. The fourth-order valence-electron chi connectivity index (χ4n) is 8.84. The molecule has 1 unspecified atom stereocenters. The predicted molar refractivity (Wildman–Crippen MR) is 231 cm³/mol. The third-order valence-corrected chi connectivity index (χ3v) is 12.4. The molecule has 14 atom stereocenters. The average molecular weight is 857 g/mol. The van der Waals surface area contributed by atoms with Crippen LogP contribution in [0.2, 0.25) is 0 Å². The normalized spacial score (nSPS) is 36.2. The van der Waals surface area contributed by atoms with Crippen LogP contribution in [0.1, 0.15) is 93.1 Å². The number of oxime groups is 1. The van der Waals surface area contributed by atoms with Gasteiger partial charge in [-0.3, -0.25) is 9.59 Å². The van der Waals surface area contributed by atoms with Crippen LogP contribution < -0.4 is 4.74 Å². The van der Waals surface area contributed by atoms with Gasteiger partial charge in [-0.1, -0.05) is 81.4 Å². The molecule has 2 aliphatic heterocycles. The van der Waals surface area contributed by atoms with Crippen molar-refractivity contribution in [2.75, 3.05) is 27.3 Å². The number of carbonyl (C=O) groups excluding carboxylic acids is 2. The fourth-order valence-corrected chi connectivity index (χ4v) is 8.84. The third kappa shape index (κ3) is 13.4. The van der Waals surface area contributed by atoms with Crippen LogP contribution in [0.15, 0.2) is 65.8 Å². The van der Waals surface area contributed by atoms with Crippen LogP contribution >= 0.6 is 0 Å². The number of aliphatic hydroxyl groups excluding tert-OH is 2. The Balaban J connectivity index is 1.75. The number of aliphatic hydroxyl groups is 4. The molecule has 14 heteroatoms. The van der Waals surface area contributed by atoms with Crippen LogP contribution in [-0.2, 0) is 39.8 Å². The number of rotatable bonds is 14. The van der Waals surface area contributed by atoms with Crippen LogP contribution in [-0.4, -0.2) is 130 Å². The minimum atomic E-state index is -1.96. The van der Waals surface area contributed by atoms with E-state index in [0.29, 0.717) is 31.6 Å². The van der Waals surface area contributed by atoms with E-state index in [4.69, 9.17) is 28.5 Å². The van der Waals surface area contributed by atoms with E-state index < -0.39 is 83.6 Å². The van der Waals surface area contributed by atoms with E-state index in [0.717, 1.165) is 11.3 Å². The SMILES string of the molecule is CC[C@H]1OC(=O)[C@H](C)[C@@H](OC(=O)CCc2ccccc2)[C@H](C)[C@@H](O[C@@H]2O[C@H](C)C[C@H](N(C)C)[C@H]2O)C(C)(O)C[C@@H](C)/C(=N\OCCCOc2ccccc2)[C@H](C)[C@@H](O)[C@]1(C)O. The van der Waals surface area contributed by atoms with Crippen LogP contribution in [0.3, 0.4) is 0 Å². The molecule has 0 bridgehead atoms. The highest BCUT2D eigenvalue weighted by Crippen LogP contribution is 2.39. The molecule has 4 N–H and O–H groups in total. The van der Waals surface area contributed by atoms with Gasteiger partial charge in [-0.15, -0.1) is 0 Å². The predicted octanol–water partition coefficient (Wildman–Crippen LogP) is 5.32. The zero-order valence-corrected chi connectivity index (χ0v) is 37.8. The van der Waals surface area contributed by atoms with Crippen molar-refractivity contribution in [3.63, 3.8) is 0 Å². The molecule has 2 saturated heterocycles. The molecule has 61 heavy (non-hydrogen) atoms. The molecule has 14 nitrogen and oxygen atoms in total. The molecule has 0 radical (unpaired) electrons. The van der Waals surface area contributed by atoms with Gasteiger partial charge < -0.3 is 53.8 Å². The molecule has 0 amide bonds. The van der Waals surface area contributed by atoms with Gasteiger partial charge in [0.05, 0.1) is 42.1 Å². The molecule has 2 aromatic rings. The summed E-state index contributed by atoms with van der Waals surface area (Å²) in [4.78, 5) is 35.7. The molecule has 2 fully saturated rings. The second-order valence-electron chi connectivity index (χ2n) is 17.8. The summed E-state index contributed by atoms with van der Waals surface area (Å²) < 4.78 is 30.9. The van der Waals surface area contributed by atoms with Crippen molar-refractivity contribution in [3.8, 4) is 5.75 Å². The highest BCUT2D eigenvalue weighted by atomic mass is 16.7. The standard InChI is InChI=1S/C47H72N2O12/c1-11-37-47(8,55)42(52)31(4)39(48-57-26-18-25-56-35-21-16-13-17-22-35)29(2)28-46(7,54)43(61-45-40(51)36(49(9)10)27-30(3)58-45)32(5)41(33(6)44(53)59-37)60-38(50)24-23-34-19-14-12-15-20-34/h12-17,19-22,29-33,36-37,40-43,45,51-52,54-55H,11,18,23-28H2,1-10H3/b48-39+/t29-,30-,31+,32+,33-,36+,37-,40-,41+,42-,43-,45+,46?,47-/m1/s1. The number of aryl methyl sites for hydroxylation is 1. The Bertz CT molecular complexity index is 1670. The van der Waals surface area contributed by atoms with Crippen molar-refractivity contribution >= 4 is 17.7 Å². The largest absolute Gasteiger partial charge is 0.493 e. The fraction of sp³-hybridized carbons (Fsp3) is 0.681. The van der Waals surface area contributed by atoms with Gasteiger partial charge in [-0.05, 0) is 85.2 Å². The lowest BCUT2D eigenvalue weighted by Gasteiger charge is -2.47. The highest BCUT2D eigenvalue weighted by molar-refractivity contribution is 5.88. The first kappa shape index (κ1) is 50.0. The minimum absolute atomic E-state index is 0.00894. The van der Waals surface area contributed by atoms with E-state index in [1.165, 1.54) is 6.92 Å². The third-order valence-electron chi connectivity index (χ3n) is 12.4. The zero-order chi connectivity index (χ0) is 45.1. The van der Waals surface area contributed by atoms with Gasteiger partial charge in [-0.2, -0.15) is 0 Å². The van der Waals surface area contributed by atoms with Crippen molar-refractivity contribution in [2.24, 2.45) is 28.8 Å². The second-order valence-corrected chi connectivity index (χ2v) is 17.8. The van der Waals surface area contributed by atoms with Crippen LogP contribution in [0.5, 0.6) is 5.75 Å². The molecule has 4 rings (SSSR count). The maximum absolute atomic E-state index is 14.2. The van der Waals surface area contributed by atoms with Gasteiger partial charge >= 0.3 is 11.9 Å². The Morgan fingerprint density at radius 3 is 2.20 bits per heavy atom. The van der Waals surface area contributed by atoms with Crippen LogP contribution in [0, 0.1) is 23.7 Å². The second kappa shape index (κ2) is 22.6. The monoisotopic (exact) mass is 857 g/mol. The van der Waals surface area contributed by atoms with Gasteiger partial charge in [0.15, 0.2) is 6.29 Å². The number of esters is 2. The summed E-state index contributed by atoms with van der Waals surface area (Å²) in [7, 11) is 3.72. The molecular weight excluding hydrogens is 785 g/mol.